The fraction of sp³-hybridized carbons (Fsp3) is 0.333. The van der Waals surface area contributed by atoms with Crippen LogP contribution in [0.5, 0.6) is 5.75 Å². The van der Waals surface area contributed by atoms with Crippen molar-refractivity contribution in [1.29, 1.82) is 0 Å². The van der Waals surface area contributed by atoms with E-state index in [-0.39, 0.29) is 11.9 Å². The third-order valence-corrected chi connectivity index (χ3v) is 4.80. The normalized spacial score (nSPS) is 10.8. The highest BCUT2D eigenvalue weighted by molar-refractivity contribution is 9.10. The van der Waals surface area contributed by atoms with Crippen molar-refractivity contribution in [2.75, 3.05) is 18.5 Å². The van der Waals surface area contributed by atoms with Gasteiger partial charge in [0.2, 0.25) is 5.91 Å². The summed E-state index contributed by atoms with van der Waals surface area (Å²) in [5.74, 6) is 0.0911. The molecule has 160 valence electrons. The van der Waals surface area contributed by atoms with Gasteiger partial charge in [-0.15, -0.1) is 0 Å². The highest BCUT2D eigenvalue weighted by Crippen LogP contribution is 2.24. The second-order valence-corrected chi connectivity index (χ2v) is 7.63. The molecule has 0 aromatic heterocycles. The van der Waals surface area contributed by atoms with Gasteiger partial charge >= 0.3 is 5.97 Å². The molecule has 0 spiro atoms. The van der Waals surface area contributed by atoms with Gasteiger partial charge in [0.15, 0.2) is 0 Å². The number of rotatable bonds is 11. The Hall–Kier alpha value is -2.60. The number of unbranched alkanes of at least 4 members (excludes halogenated alkanes) is 3. The Morgan fingerprint density at radius 1 is 1.03 bits per heavy atom. The number of anilines is 1. The third kappa shape index (κ3) is 8.03. The summed E-state index contributed by atoms with van der Waals surface area (Å²) in [7, 11) is 0. The topological polar surface area (TPSA) is 64.6 Å². The maximum Gasteiger partial charge on any atom is 0.338 e. The van der Waals surface area contributed by atoms with Crippen molar-refractivity contribution in [1.82, 2.24) is 0 Å². The first-order valence-electron chi connectivity index (χ1n) is 10.2. The molecule has 1 N–H and O–H groups in total. The average molecular weight is 474 g/mol. The van der Waals surface area contributed by atoms with Crippen LogP contribution < -0.4 is 10.1 Å². The lowest BCUT2D eigenvalue weighted by Gasteiger charge is -2.08. The van der Waals surface area contributed by atoms with Crippen LogP contribution >= 0.6 is 15.9 Å². The molecule has 0 aliphatic carbocycles. The first kappa shape index (κ1) is 23.7. The van der Waals surface area contributed by atoms with Crippen molar-refractivity contribution in [3.8, 4) is 5.75 Å². The van der Waals surface area contributed by atoms with Crippen molar-refractivity contribution in [2.24, 2.45) is 0 Å². The molecule has 2 aromatic rings. The van der Waals surface area contributed by atoms with E-state index in [4.69, 9.17) is 9.47 Å². The number of esters is 1. The van der Waals surface area contributed by atoms with Crippen LogP contribution in [0.1, 0.15) is 55.5 Å². The van der Waals surface area contributed by atoms with Gasteiger partial charge in [0.05, 0.1) is 18.8 Å². The van der Waals surface area contributed by atoms with E-state index in [1.807, 2.05) is 25.1 Å². The highest BCUT2D eigenvalue weighted by atomic mass is 79.9. The number of benzene rings is 2. The minimum Gasteiger partial charge on any atom is -0.493 e. The summed E-state index contributed by atoms with van der Waals surface area (Å²) < 4.78 is 11.8. The summed E-state index contributed by atoms with van der Waals surface area (Å²) in [5, 5.41) is 2.78. The average Bonchev–Trinajstić information content (AvgIpc) is 2.74. The van der Waals surface area contributed by atoms with E-state index in [1.54, 1.807) is 30.3 Å². The molecular formula is C24H28BrNO4. The van der Waals surface area contributed by atoms with Crippen LogP contribution in [-0.2, 0) is 9.53 Å². The third-order valence-electron chi connectivity index (χ3n) is 4.31. The summed E-state index contributed by atoms with van der Waals surface area (Å²) in [5.41, 5.74) is 1.87. The molecule has 1 amide bonds. The Labute approximate surface area is 186 Å². The van der Waals surface area contributed by atoms with Gasteiger partial charge in [-0.2, -0.15) is 0 Å². The number of amides is 1. The second-order valence-electron chi connectivity index (χ2n) is 6.71. The maximum atomic E-state index is 12.2. The van der Waals surface area contributed by atoms with E-state index >= 15 is 0 Å². The molecule has 0 saturated heterocycles. The van der Waals surface area contributed by atoms with Crippen molar-refractivity contribution >= 4 is 39.6 Å². The molecule has 0 unspecified atom stereocenters. The number of carbonyl (C=O) groups excluding carboxylic acids is 2. The molecule has 0 aliphatic heterocycles. The van der Waals surface area contributed by atoms with Crippen molar-refractivity contribution in [3.05, 3.63) is 64.1 Å². The van der Waals surface area contributed by atoms with Gasteiger partial charge in [-0.05, 0) is 61.9 Å². The summed E-state index contributed by atoms with van der Waals surface area (Å²) in [4.78, 5) is 24.3. The zero-order valence-electron chi connectivity index (χ0n) is 17.4. The van der Waals surface area contributed by atoms with Crippen molar-refractivity contribution < 1.29 is 19.1 Å². The van der Waals surface area contributed by atoms with Gasteiger partial charge in [0, 0.05) is 21.8 Å². The molecule has 0 heterocycles. The van der Waals surface area contributed by atoms with Gasteiger partial charge in [-0.25, -0.2) is 4.79 Å². The Morgan fingerprint density at radius 2 is 1.80 bits per heavy atom. The minimum atomic E-state index is -0.345. The predicted octanol–water partition coefficient (Wildman–Crippen LogP) is 6.24. The number of ether oxygens (including phenoxy) is 2. The molecule has 0 saturated carbocycles. The number of nitrogens with one attached hydrogen (secondary N) is 1. The molecule has 0 aliphatic rings. The van der Waals surface area contributed by atoms with E-state index < -0.39 is 0 Å². The molecule has 2 aromatic carbocycles. The van der Waals surface area contributed by atoms with Crippen molar-refractivity contribution in [3.63, 3.8) is 0 Å². The first-order valence-corrected chi connectivity index (χ1v) is 11.0. The van der Waals surface area contributed by atoms with Crippen LogP contribution in [0, 0.1) is 0 Å². The summed E-state index contributed by atoms with van der Waals surface area (Å²) >= 11 is 3.43. The number of halogens is 1. The monoisotopic (exact) mass is 473 g/mol. The standard InChI is InChI=1S/C24H28BrNO4/c1-3-5-6-7-16-30-24(28)18-8-12-21(13-9-18)26-23(27)15-10-19-17-20(25)11-14-22(19)29-4-2/h8-15,17H,3-7,16H2,1-2H3,(H,26,27)/b15-10+. The summed E-state index contributed by atoms with van der Waals surface area (Å²) in [6, 6.07) is 12.3. The fourth-order valence-electron chi connectivity index (χ4n) is 2.75. The van der Waals surface area contributed by atoms with Crippen molar-refractivity contribution in [2.45, 2.75) is 39.5 Å². The Bertz CT molecular complexity index is 862. The first-order chi connectivity index (χ1) is 14.5. The quantitative estimate of drug-likeness (QED) is 0.238. The molecule has 6 heteroatoms. The molecule has 0 fully saturated rings. The molecule has 0 bridgehead atoms. The Morgan fingerprint density at radius 3 is 2.50 bits per heavy atom. The number of hydrogen-bond donors (Lipinski definition) is 1. The smallest absolute Gasteiger partial charge is 0.338 e. The van der Waals surface area contributed by atoms with Crippen LogP contribution in [0.15, 0.2) is 53.0 Å². The van der Waals surface area contributed by atoms with E-state index in [1.165, 1.54) is 6.08 Å². The molecule has 2 rings (SSSR count). The zero-order valence-corrected chi connectivity index (χ0v) is 19.0. The lowest BCUT2D eigenvalue weighted by molar-refractivity contribution is -0.111. The van der Waals surface area contributed by atoms with Crippen LogP contribution in [0.3, 0.4) is 0 Å². The van der Waals surface area contributed by atoms with E-state index in [0.717, 1.165) is 35.7 Å². The largest absolute Gasteiger partial charge is 0.493 e. The Kier molecular flexibility index (Phi) is 10.1. The van der Waals surface area contributed by atoms with Crippen LogP contribution in [0.4, 0.5) is 5.69 Å². The van der Waals surface area contributed by atoms with E-state index in [2.05, 4.69) is 28.2 Å². The fourth-order valence-corrected chi connectivity index (χ4v) is 3.13. The Balaban J connectivity index is 1.89. The number of carbonyl (C=O) groups is 2. The van der Waals surface area contributed by atoms with Gasteiger partial charge in [0.1, 0.15) is 5.75 Å². The molecule has 5 nitrogen and oxygen atoms in total. The van der Waals surface area contributed by atoms with E-state index in [0.29, 0.717) is 30.2 Å². The van der Waals surface area contributed by atoms with Crippen LogP contribution in [0.2, 0.25) is 0 Å². The summed E-state index contributed by atoms with van der Waals surface area (Å²) in [6.45, 7) is 5.03. The molecule has 0 radical (unpaired) electrons. The van der Waals surface area contributed by atoms with Crippen LogP contribution in [0.25, 0.3) is 6.08 Å². The molecule has 0 atom stereocenters. The maximum absolute atomic E-state index is 12.2. The minimum absolute atomic E-state index is 0.274. The predicted molar refractivity (Wildman–Crippen MR) is 124 cm³/mol. The number of hydrogen-bond acceptors (Lipinski definition) is 4. The van der Waals surface area contributed by atoms with E-state index in [9.17, 15) is 9.59 Å². The lowest BCUT2D eigenvalue weighted by Crippen LogP contribution is -2.09. The van der Waals surface area contributed by atoms with Gasteiger partial charge in [0.25, 0.3) is 0 Å². The van der Waals surface area contributed by atoms with Crippen LogP contribution in [-0.4, -0.2) is 25.1 Å². The van der Waals surface area contributed by atoms with Gasteiger partial charge in [-0.1, -0.05) is 42.1 Å². The van der Waals surface area contributed by atoms with Gasteiger partial charge < -0.3 is 14.8 Å². The zero-order chi connectivity index (χ0) is 21.8. The summed E-state index contributed by atoms with van der Waals surface area (Å²) in [6.07, 6.45) is 7.39. The highest BCUT2D eigenvalue weighted by Gasteiger charge is 2.08. The lowest BCUT2D eigenvalue weighted by atomic mass is 10.2. The van der Waals surface area contributed by atoms with Gasteiger partial charge in [-0.3, -0.25) is 4.79 Å². The SMILES string of the molecule is CCCCCCOC(=O)c1ccc(NC(=O)/C=C/c2cc(Br)ccc2OCC)cc1. The molecule has 30 heavy (non-hydrogen) atoms. The molecular weight excluding hydrogens is 446 g/mol. The second kappa shape index (κ2) is 12.9.